The standard InChI is InChI=1S/C11H16N2O4/c1-11(6-3-7-16-11)10-12-8(17-13-10)4-2-5-9(14)15/h2-7H2,1H3,(H,14,15). The molecule has 1 N–H and O–H groups in total. The van der Waals surface area contributed by atoms with Crippen LogP contribution in [0.2, 0.25) is 0 Å². The van der Waals surface area contributed by atoms with Gasteiger partial charge in [0.05, 0.1) is 0 Å². The Hall–Kier alpha value is -1.43. The molecule has 0 amide bonds. The third-order valence-electron chi connectivity index (χ3n) is 2.94. The van der Waals surface area contributed by atoms with Crippen molar-refractivity contribution in [3.05, 3.63) is 11.7 Å². The summed E-state index contributed by atoms with van der Waals surface area (Å²) in [6.07, 6.45) is 3.01. The first-order valence-electron chi connectivity index (χ1n) is 5.79. The van der Waals surface area contributed by atoms with Crippen molar-refractivity contribution in [3.8, 4) is 0 Å². The van der Waals surface area contributed by atoms with Gasteiger partial charge in [-0.3, -0.25) is 4.79 Å². The van der Waals surface area contributed by atoms with Crippen LogP contribution in [0, 0.1) is 0 Å². The highest BCUT2D eigenvalue weighted by Crippen LogP contribution is 2.33. The predicted molar refractivity (Wildman–Crippen MR) is 57.4 cm³/mol. The number of aliphatic carboxylic acids is 1. The van der Waals surface area contributed by atoms with Crippen LogP contribution in [0.5, 0.6) is 0 Å². The summed E-state index contributed by atoms with van der Waals surface area (Å²) in [5, 5.41) is 12.4. The fourth-order valence-electron chi connectivity index (χ4n) is 1.92. The van der Waals surface area contributed by atoms with E-state index in [2.05, 4.69) is 10.1 Å². The van der Waals surface area contributed by atoms with Gasteiger partial charge in [0.1, 0.15) is 5.60 Å². The quantitative estimate of drug-likeness (QED) is 0.839. The van der Waals surface area contributed by atoms with E-state index in [1.807, 2.05) is 6.92 Å². The summed E-state index contributed by atoms with van der Waals surface area (Å²) in [7, 11) is 0. The van der Waals surface area contributed by atoms with Gasteiger partial charge in [-0.05, 0) is 26.2 Å². The minimum absolute atomic E-state index is 0.117. The van der Waals surface area contributed by atoms with Gasteiger partial charge >= 0.3 is 5.97 Å². The number of nitrogens with zero attached hydrogens (tertiary/aromatic N) is 2. The molecule has 0 bridgehead atoms. The largest absolute Gasteiger partial charge is 0.481 e. The molecule has 1 unspecified atom stereocenters. The Kier molecular flexibility index (Phi) is 3.42. The monoisotopic (exact) mass is 240 g/mol. The summed E-state index contributed by atoms with van der Waals surface area (Å²) in [5.41, 5.74) is -0.436. The molecule has 1 aliphatic heterocycles. The number of ether oxygens (including phenoxy) is 1. The normalized spacial score (nSPS) is 24.1. The van der Waals surface area contributed by atoms with Gasteiger partial charge in [0, 0.05) is 19.4 Å². The van der Waals surface area contributed by atoms with E-state index in [4.69, 9.17) is 14.4 Å². The molecule has 6 nitrogen and oxygen atoms in total. The van der Waals surface area contributed by atoms with E-state index in [1.54, 1.807) is 0 Å². The fourth-order valence-corrected chi connectivity index (χ4v) is 1.92. The molecule has 0 aliphatic carbocycles. The molecule has 0 radical (unpaired) electrons. The van der Waals surface area contributed by atoms with Gasteiger partial charge in [0.25, 0.3) is 0 Å². The molecule has 1 fully saturated rings. The molecule has 1 aromatic rings. The minimum Gasteiger partial charge on any atom is -0.481 e. The first kappa shape index (κ1) is 12.0. The van der Waals surface area contributed by atoms with Crippen LogP contribution in [0.1, 0.15) is 44.3 Å². The molecule has 6 heteroatoms. The van der Waals surface area contributed by atoms with E-state index < -0.39 is 11.6 Å². The maximum Gasteiger partial charge on any atom is 0.303 e. The van der Waals surface area contributed by atoms with Gasteiger partial charge in [-0.25, -0.2) is 0 Å². The van der Waals surface area contributed by atoms with Crippen LogP contribution in [-0.4, -0.2) is 27.8 Å². The van der Waals surface area contributed by atoms with E-state index in [-0.39, 0.29) is 6.42 Å². The third-order valence-corrected chi connectivity index (χ3v) is 2.94. The summed E-state index contributed by atoms with van der Waals surface area (Å²) in [6, 6.07) is 0. The van der Waals surface area contributed by atoms with E-state index in [1.165, 1.54) is 0 Å². The summed E-state index contributed by atoms with van der Waals surface area (Å²) in [6.45, 7) is 2.67. The number of hydrogen-bond donors (Lipinski definition) is 1. The molecule has 2 rings (SSSR count). The van der Waals surface area contributed by atoms with Gasteiger partial charge < -0.3 is 14.4 Å². The Morgan fingerprint density at radius 2 is 2.41 bits per heavy atom. The summed E-state index contributed by atoms with van der Waals surface area (Å²) >= 11 is 0. The second kappa shape index (κ2) is 4.83. The zero-order valence-electron chi connectivity index (χ0n) is 9.81. The molecule has 0 spiro atoms. The first-order chi connectivity index (χ1) is 8.10. The molecule has 2 heterocycles. The SMILES string of the molecule is CC1(c2noc(CCCC(=O)O)n2)CCCO1. The van der Waals surface area contributed by atoms with Gasteiger partial charge in [-0.1, -0.05) is 5.16 Å². The maximum atomic E-state index is 10.4. The molecule has 1 aromatic heterocycles. The van der Waals surface area contributed by atoms with Crippen molar-refractivity contribution in [1.82, 2.24) is 10.1 Å². The van der Waals surface area contributed by atoms with Crippen LogP contribution in [0.25, 0.3) is 0 Å². The number of carboxylic acid groups (broad SMARTS) is 1. The third kappa shape index (κ3) is 2.82. The lowest BCUT2D eigenvalue weighted by molar-refractivity contribution is -0.137. The molecule has 94 valence electrons. The zero-order valence-corrected chi connectivity index (χ0v) is 9.81. The van der Waals surface area contributed by atoms with Crippen LogP contribution < -0.4 is 0 Å². The van der Waals surface area contributed by atoms with Gasteiger partial charge in [0.2, 0.25) is 11.7 Å². The van der Waals surface area contributed by atoms with Crippen molar-refractivity contribution in [2.75, 3.05) is 6.61 Å². The Labute approximate surface area is 99.0 Å². The van der Waals surface area contributed by atoms with Crippen molar-refractivity contribution in [2.24, 2.45) is 0 Å². The lowest BCUT2D eigenvalue weighted by Crippen LogP contribution is -2.21. The number of carboxylic acids is 1. The van der Waals surface area contributed by atoms with E-state index in [0.29, 0.717) is 24.6 Å². The predicted octanol–water partition coefficient (Wildman–Crippen LogP) is 1.50. The highest BCUT2D eigenvalue weighted by molar-refractivity contribution is 5.66. The van der Waals surface area contributed by atoms with Crippen LogP contribution >= 0.6 is 0 Å². The summed E-state index contributed by atoms with van der Waals surface area (Å²) in [4.78, 5) is 14.6. The second-order valence-electron chi connectivity index (χ2n) is 4.44. The number of aromatic nitrogens is 2. The average Bonchev–Trinajstić information content (AvgIpc) is 2.87. The van der Waals surface area contributed by atoms with Crippen LogP contribution in [0.3, 0.4) is 0 Å². The second-order valence-corrected chi connectivity index (χ2v) is 4.44. The smallest absolute Gasteiger partial charge is 0.303 e. The van der Waals surface area contributed by atoms with Gasteiger partial charge in [-0.2, -0.15) is 4.98 Å². The zero-order chi connectivity index (χ0) is 12.3. The first-order valence-corrected chi connectivity index (χ1v) is 5.79. The van der Waals surface area contributed by atoms with E-state index >= 15 is 0 Å². The lowest BCUT2D eigenvalue weighted by atomic mass is 10.0. The van der Waals surface area contributed by atoms with E-state index in [0.717, 1.165) is 19.4 Å². The number of rotatable bonds is 5. The van der Waals surface area contributed by atoms with Crippen LogP contribution in [0.15, 0.2) is 4.52 Å². The minimum atomic E-state index is -0.809. The van der Waals surface area contributed by atoms with Crippen molar-refractivity contribution < 1.29 is 19.2 Å². The number of aryl methyl sites for hydroxylation is 1. The summed E-state index contributed by atoms with van der Waals surface area (Å²) < 4.78 is 10.7. The number of hydrogen-bond acceptors (Lipinski definition) is 5. The van der Waals surface area contributed by atoms with Gasteiger partial charge in [-0.15, -0.1) is 0 Å². The van der Waals surface area contributed by atoms with Crippen LogP contribution in [0.4, 0.5) is 0 Å². The molecule has 0 aromatic carbocycles. The highest BCUT2D eigenvalue weighted by atomic mass is 16.5. The number of carbonyl (C=O) groups is 1. The Balaban J connectivity index is 1.93. The van der Waals surface area contributed by atoms with Crippen molar-refractivity contribution in [3.63, 3.8) is 0 Å². The molecule has 1 atom stereocenters. The van der Waals surface area contributed by atoms with Crippen molar-refractivity contribution in [2.45, 2.75) is 44.6 Å². The fraction of sp³-hybridized carbons (Fsp3) is 0.727. The highest BCUT2D eigenvalue weighted by Gasteiger charge is 2.36. The maximum absolute atomic E-state index is 10.4. The molecular formula is C11H16N2O4. The molecule has 1 saturated heterocycles. The Morgan fingerprint density at radius 1 is 1.59 bits per heavy atom. The average molecular weight is 240 g/mol. The van der Waals surface area contributed by atoms with Gasteiger partial charge in [0.15, 0.2) is 0 Å². The Morgan fingerprint density at radius 3 is 3.06 bits per heavy atom. The van der Waals surface area contributed by atoms with Crippen LogP contribution in [-0.2, 0) is 21.6 Å². The Bertz CT molecular complexity index is 396. The topological polar surface area (TPSA) is 85.5 Å². The molecule has 0 saturated carbocycles. The molecular weight excluding hydrogens is 224 g/mol. The van der Waals surface area contributed by atoms with Crippen molar-refractivity contribution in [1.29, 1.82) is 0 Å². The molecule has 17 heavy (non-hydrogen) atoms. The van der Waals surface area contributed by atoms with Crippen molar-refractivity contribution >= 4 is 5.97 Å². The van der Waals surface area contributed by atoms with E-state index in [9.17, 15) is 4.79 Å². The molecule has 1 aliphatic rings. The lowest BCUT2D eigenvalue weighted by Gasteiger charge is -2.17. The summed E-state index contributed by atoms with van der Waals surface area (Å²) in [5.74, 6) is 0.245.